The highest BCUT2D eigenvalue weighted by Crippen LogP contribution is 2.07. The van der Waals surface area contributed by atoms with Crippen LogP contribution in [-0.4, -0.2) is 6.26 Å². The Hall–Kier alpha value is -0.910. The first-order valence-electron chi connectivity index (χ1n) is 4.80. The summed E-state index contributed by atoms with van der Waals surface area (Å²) in [6.45, 7) is 2.13. The van der Waals surface area contributed by atoms with Crippen LogP contribution >= 0.6 is 11.8 Å². The van der Waals surface area contributed by atoms with Crippen molar-refractivity contribution in [2.24, 2.45) is 0 Å². The average molecular weight is 204 g/mol. The number of benzene rings is 1. The lowest BCUT2D eigenvalue weighted by Gasteiger charge is -1.99. The fourth-order valence-electron chi connectivity index (χ4n) is 1.21. The lowest BCUT2D eigenvalue weighted by atomic mass is 10.1. The molecule has 0 atom stereocenters. The number of hydrogen-bond donors (Lipinski definition) is 0. The van der Waals surface area contributed by atoms with Crippen LogP contribution in [0.3, 0.4) is 0 Å². The van der Waals surface area contributed by atoms with Gasteiger partial charge in [0.05, 0.1) is 0 Å². The summed E-state index contributed by atoms with van der Waals surface area (Å²) in [6, 6.07) is 10.6. The highest BCUT2D eigenvalue weighted by Gasteiger charge is 1.92. The van der Waals surface area contributed by atoms with Gasteiger partial charge in [-0.15, -0.1) is 17.5 Å². The van der Waals surface area contributed by atoms with Crippen LogP contribution in [-0.2, 0) is 6.42 Å². The van der Waals surface area contributed by atoms with Crippen LogP contribution in [0.25, 0.3) is 0 Å². The van der Waals surface area contributed by atoms with Crippen molar-refractivity contribution in [3.8, 4) is 0 Å². The first-order valence-corrected chi connectivity index (χ1v) is 6.09. The number of hydrogen-bond acceptors (Lipinski definition) is 1. The zero-order chi connectivity index (χ0) is 10.2. The van der Waals surface area contributed by atoms with Gasteiger partial charge >= 0.3 is 0 Å². The van der Waals surface area contributed by atoms with Crippen molar-refractivity contribution in [2.45, 2.75) is 19.8 Å². The molecular weight excluding hydrogens is 188 g/mol. The average Bonchev–Trinajstić information content (AvgIpc) is 2.25. The molecule has 1 aromatic rings. The van der Waals surface area contributed by atoms with E-state index >= 15 is 0 Å². The van der Waals surface area contributed by atoms with E-state index in [0.29, 0.717) is 0 Å². The molecule has 0 spiro atoms. The largest absolute Gasteiger partial charge is 0.129 e. The van der Waals surface area contributed by atoms with Gasteiger partial charge in [0.15, 0.2) is 0 Å². The van der Waals surface area contributed by atoms with Crippen LogP contribution in [0, 0.1) is 0 Å². The SMILES string of the molecule is CSC=C=C(C)CCc1ccccc1. The molecule has 0 saturated carbocycles. The van der Waals surface area contributed by atoms with Gasteiger partial charge in [0.25, 0.3) is 0 Å². The summed E-state index contributed by atoms with van der Waals surface area (Å²) in [5.41, 5.74) is 5.98. The van der Waals surface area contributed by atoms with E-state index in [1.807, 2.05) is 5.41 Å². The van der Waals surface area contributed by atoms with E-state index < -0.39 is 0 Å². The Morgan fingerprint density at radius 3 is 2.71 bits per heavy atom. The van der Waals surface area contributed by atoms with E-state index in [2.05, 4.69) is 49.2 Å². The Bertz CT molecular complexity index is 318. The minimum Gasteiger partial charge on any atom is -0.129 e. The third-order valence-electron chi connectivity index (χ3n) is 2.05. The maximum absolute atomic E-state index is 3.26. The van der Waals surface area contributed by atoms with Crippen molar-refractivity contribution in [1.29, 1.82) is 0 Å². The van der Waals surface area contributed by atoms with Crippen LogP contribution in [0.1, 0.15) is 18.9 Å². The first-order chi connectivity index (χ1) is 6.83. The van der Waals surface area contributed by atoms with Crippen molar-refractivity contribution in [3.05, 3.63) is 52.6 Å². The molecular formula is C13H16S. The minimum absolute atomic E-state index is 1.10. The highest BCUT2D eigenvalue weighted by molar-refractivity contribution is 8.01. The molecule has 0 aromatic heterocycles. The predicted octanol–water partition coefficient (Wildman–Crippen LogP) is 4.04. The molecule has 1 heteroatoms. The topological polar surface area (TPSA) is 0 Å². The second-order valence-corrected chi connectivity index (χ2v) is 3.97. The molecule has 0 unspecified atom stereocenters. The molecule has 0 saturated heterocycles. The van der Waals surface area contributed by atoms with Gasteiger partial charge in [-0.2, -0.15) is 0 Å². The molecule has 0 N–H and O–H groups in total. The maximum atomic E-state index is 3.26. The maximum Gasteiger partial charge on any atom is 0.0125 e. The molecule has 0 fully saturated rings. The standard InChI is InChI=1S/C13H16S/c1-12(10-11-14-2)8-9-13-6-4-3-5-7-13/h3-7,11H,8-9H2,1-2H3. The Morgan fingerprint density at radius 1 is 1.36 bits per heavy atom. The van der Waals surface area contributed by atoms with Gasteiger partial charge in [0.2, 0.25) is 0 Å². The smallest absolute Gasteiger partial charge is 0.0125 e. The van der Waals surface area contributed by atoms with Crippen LogP contribution < -0.4 is 0 Å². The summed E-state index contributed by atoms with van der Waals surface area (Å²) >= 11 is 1.69. The molecule has 0 aliphatic heterocycles. The number of aryl methyl sites for hydroxylation is 1. The molecule has 0 amide bonds. The van der Waals surface area contributed by atoms with Crippen molar-refractivity contribution in [2.75, 3.05) is 6.26 Å². The summed E-state index contributed by atoms with van der Waals surface area (Å²) in [7, 11) is 0. The third kappa shape index (κ3) is 4.36. The van der Waals surface area contributed by atoms with E-state index in [9.17, 15) is 0 Å². The van der Waals surface area contributed by atoms with E-state index in [1.54, 1.807) is 11.8 Å². The predicted molar refractivity (Wildman–Crippen MR) is 65.5 cm³/mol. The quantitative estimate of drug-likeness (QED) is 0.667. The van der Waals surface area contributed by atoms with E-state index in [-0.39, 0.29) is 0 Å². The monoisotopic (exact) mass is 204 g/mol. The summed E-state index contributed by atoms with van der Waals surface area (Å²) in [5.74, 6) is 0. The lowest BCUT2D eigenvalue weighted by Crippen LogP contribution is -1.84. The summed E-state index contributed by atoms with van der Waals surface area (Å²) in [6.07, 6.45) is 4.26. The Labute approximate surface area is 90.7 Å². The van der Waals surface area contributed by atoms with E-state index in [4.69, 9.17) is 0 Å². The van der Waals surface area contributed by atoms with Gasteiger partial charge in [-0.25, -0.2) is 0 Å². The van der Waals surface area contributed by atoms with Gasteiger partial charge < -0.3 is 0 Å². The number of allylic oxidation sites excluding steroid dienone is 1. The normalized spacial score (nSPS) is 9.29. The molecule has 0 radical (unpaired) electrons. The van der Waals surface area contributed by atoms with Crippen molar-refractivity contribution in [3.63, 3.8) is 0 Å². The Balaban J connectivity index is 2.45. The van der Waals surface area contributed by atoms with Gasteiger partial charge in [-0.3, -0.25) is 0 Å². The second kappa shape index (κ2) is 6.53. The number of rotatable bonds is 4. The molecule has 0 heterocycles. The van der Waals surface area contributed by atoms with Gasteiger partial charge in [-0.1, -0.05) is 30.3 Å². The van der Waals surface area contributed by atoms with Gasteiger partial charge in [-0.05, 0) is 37.2 Å². The molecule has 0 aliphatic rings. The van der Waals surface area contributed by atoms with Crippen LogP contribution in [0.4, 0.5) is 0 Å². The molecule has 14 heavy (non-hydrogen) atoms. The molecule has 0 nitrogen and oxygen atoms in total. The van der Waals surface area contributed by atoms with Crippen molar-refractivity contribution >= 4 is 11.8 Å². The zero-order valence-electron chi connectivity index (χ0n) is 8.79. The van der Waals surface area contributed by atoms with Crippen LogP contribution in [0.2, 0.25) is 0 Å². The molecule has 1 rings (SSSR count). The summed E-state index contributed by atoms with van der Waals surface area (Å²) in [5, 5.41) is 2.01. The second-order valence-electron chi connectivity index (χ2n) is 3.26. The minimum atomic E-state index is 1.10. The Kier molecular flexibility index (Phi) is 5.21. The third-order valence-corrected chi connectivity index (χ3v) is 2.41. The van der Waals surface area contributed by atoms with E-state index in [0.717, 1.165) is 12.8 Å². The molecule has 1 aromatic carbocycles. The first kappa shape index (κ1) is 11.2. The van der Waals surface area contributed by atoms with Crippen molar-refractivity contribution < 1.29 is 0 Å². The van der Waals surface area contributed by atoms with Crippen LogP contribution in [0.15, 0.2) is 47.0 Å². The molecule has 0 bridgehead atoms. The molecule has 0 aliphatic carbocycles. The summed E-state index contributed by atoms with van der Waals surface area (Å²) in [4.78, 5) is 0. The van der Waals surface area contributed by atoms with Gasteiger partial charge in [0.1, 0.15) is 0 Å². The number of thioether (sulfide) groups is 1. The lowest BCUT2D eigenvalue weighted by molar-refractivity contribution is 0.944. The highest BCUT2D eigenvalue weighted by atomic mass is 32.2. The zero-order valence-corrected chi connectivity index (χ0v) is 9.60. The summed E-state index contributed by atoms with van der Waals surface area (Å²) < 4.78 is 0. The van der Waals surface area contributed by atoms with Crippen LogP contribution in [0.5, 0.6) is 0 Å². The Morgan fingerprint density at radius 2 is 2.07 bits per heavy atom. The van der Waals surface area contributed by atoms with Gasteiger partial charge in [0, 0.05) is 5.41 Å². The fraction of sp³-hybridized carbons (Fsp3) is 0.308. The van der Waals surface area contributed by atoms with E-state index in [1.165, 1.54) is 11.1 Å². The molecule has 74 valence electrons. The fourth-order valence-corrected chi connectivity index (χ4v) is 1.53. The van der Waals surface area contributed by atoms with Crippen molar-refractivity contribution in [1.82, 2.24) is 0 Å².